The molecule has 0 spiro atoms. The third-order valence-electron chi connectivity index (χ3n) is 5.04. The molecule has 0 radical (unpaired) electrons. The quantitative estimate of drug-likeness (QED) is 0.185. The van der Waals surface area contributed by atoms with E-state index in [4.69, 9.17) is 4.74 Å². The van der Waals surface area contributed by atoms with Gasteiger partial charge in [-0.3, -0.25) is 9.59 Å². The van der Waals surface area contributed by atoms with Crippen molar-refractivity contribution in [3.05, 3.63) is 42.0 Å². The molecule has 0 fully saturated rings. The number of amides is 2. The fraction of sp³-hybridized carbons (Fsp3) is 0.643. The van der Waals surface area contributed by atoms with Crippen molar-refractivity contribution in [3.63, 3.8) is 0 Å². The van der Waals surface area contributed by atoms with Gasteiger partial charge in [0.15, 0.2) is 0 Å². The van der Waals surface area contributed by atoms with Gasteiger partial charge >= 0.3 is 0 Å². The van der Waals surface area contributed by atoms with Gasteiger partial charge in [-0.25, -0.2) is 0 Å². The third-order valence-corrected chi connectivity index (χ3v) is 5.04. The maximum absolute atomic E-state index is 11.0. The summed E-state index contributed by atoms with van der Waals surface area (Å²) in [7, 11) is 1.78. The average Bonchev–Trinajstić information content (AvgIpc) is 2.78. The zero-order valence-electron chi connectivity index (χ0n) is 21.8. The summed E-state index contributed by atoms with van der Waals surface area (Å²) in [4.78, 5) is 21.0. The number of allylic oxidation sites excluding steroid dienone is 2. The second-order valence-corrected chi connectivity index (χ2v) is 8.24. The summed E-state index contributed by atoms with van der Waals surface area (Å²) in [6.45, 7) is 15.1. The summed E-state index contributed by atoms with van der Waals surface area (Å²) in [6.07, 6.45) is 12.2. The van der Waals surface area contributed by atoms with Gasteiger partial charge in [-0.05, 0) is 62.5 Å². The number of carbonyl (C=O) groups excluding carboxylic acids is 2. The number of aryl methyl sites for hydroxylation is 1. The van der Waals surface area contributed by atoms with Crippen molar-refractivity contribution in [1.29, 1.82) is 0 Å². The molecule has 0 bridgehead atoms. The smallest absolute Gasteiger partial charge is 0.221 e. The normalized spacial score (nSPS) is 11.2. The number of para-hydroxylation sites is 1. The predicted octanol–water partition coefficient (Wildman–Crippen LogP) is 7.17. The minimum atomic E-state index is -0.0709. The largest absolute Gasteiger partial charge is 0.382 e. The van der Waals surface area contributed by atoms with E-state index in [0.717, 1.165) is 30.5 Å². The predicted molar refractivity (Wildman–Crippen MR) is 145 cm³/mol. The number of anilines is 1. The minimum absolute atomic E-state index is 0. The molecule has 0 aromatic heterocycles. The van der Waals surface area contributed by atoms with Crippen LogP contribution in [0.25, 0.3) is 0 Å². The van der Waals surface area contributed by atoms with Crippen LogP contribution in [0.3, 0.4) is 0 Å². The second-order valence-electron chi connectivity index (χ2n) is 8.24. The van der Waals surface area contributed by atoms with Gasteiger partial charge < -0.3 is 15.4 Å². The van der Waals surface area contributed by atoms with Crippen LogP contribution in [-0.2, 0) is 20.7 Å². The zero-order chi connectivity index (χ0) is 24.8. The lowest BCUT2D eigenvalue weighted by Gasteiger charge is -2.16. The van der Waals surface area contributed by atoms with Crippen LogP contribution < -0.4 is 10.6 Å². The maximum Gasteiger partial charge on any atom is 0.221 e. The molecule has 2 N–H and O–H groups in total. The van der Waals surface area contributed by atoms with Crippen molar-refractivity contribution in [2.45, 2.75) is 101 Å². The van der Waals surface area contributed by atoms with Crippen LogP contribution in [0.5, 0.6) is 0 Å². The number of hydrogen-bond acceptors (Lipinski definition) is 3. The molecule has 5 nitrogen and oxygen atoms in total. The first kappa shape index (κ1) is 35.4. The Morgan fingerprint density at radius 3 is 2.36 bits per heavy atom. The lowest BCUT2D eigenvalue weighted by atomic mass is 9.89. The molecule has 0 saturated heterocycles. The van der Waals surface area contributed by atoms with Gasteiger partial charge in [0.05, 0.1) is 6.10 Å². The summed E-state index contributed by atoms with van der Waals surface area (Å²) in [5.74, 6) is -0.0709. The van der Waals surface area contributed by atoms with E-state index in [1.54, 1.807) is 7.11 Å². The molecule has 192 valence electrons. The summed E-state index contributed by atoms with van der Waals surface area (Å²) in [5, 5.41) is 5.40. The second kappa shape index (κ2) is 23.0. The molecular weight excluding hydrogens is 412 g/mol. The third kappa shape index (κ3) is 21.5. The molecule has 0 heterocycles. The number of ether oxygens (including phenoxy) is 1. The Morgan fingerprint density at radius 2 is 1.82 bits per heavy atom. The Balaban J connectivity index is -0.000000497. The molecule has 2 amide bonds. The standard InChI is InChI=1S/C13H26O.C12H16N2O2.C2H6.CH4/c1-6-13(3,4)11-9-7-8-10-12(2)14-5;1-10(16)14-12-7-3-2-5-11(12)6-4-8-13-9-15;1-2;/h9,11-12H,6-8,10H2,1-5H3;2-3,5,7,9H,4,6,8H2,1H3,(H,13,15)(H,14,16);1-2H3;1H4/b11-9+;;;. The van der Waals surface area contributed by atoms with E-state index in [1.165, 1.54) is 26.2 Å². The fourth-order valence-electron chi connectivity index (χ4n) is 2.65. The topological polar surface area (TPSA) is 67.4 Å². The molecular formula is C28H52N2O3. The van der Waals surface area contributed by atoms with Gasteiger partial charge in [-0.15, -0.1) is 0 Å². The first-order chi connectivity index (χ1) is 15.3. The number of carbonyl (C=O) groups is 2. The van der Waals surface area contributed by atoms with Crippen LogP contribution in [0, 0.1) is 5.41 Å². The molecule has 33 heavy (non-hydrogen) atoms. The average molecular weight is 465 g/mol. The van der Waals surface area contributed by atoms with Crippen LogP contribution in [0.4, 0.5) is 5.69 Å². The zero-order valence-corrected chi connectivity index (χ0v) is 21.8. The van der Waals surface area contributed by atoms with Crippen molar-refractivity contribution in [1.82, 2.24) is 5.32 Å². The van der Waals surface area contributed by atoms with E-state index >= 15 is 0 Å². The molecule has 0 saturated carbocycles. The highest BCUT2D eigenvalue weighted by Gasteiger charge is 2.08. The molecule has 0 aliphatic heterocycles. The first-order valence-corrected chi connectivity index (χ1v) is 12.0. The van der Waals surface area contributed by atoms with Crippen LogP contribution in [0.1, 0.15) is 93.6 Å². The monoisotopic (exact) mass is 464 g/mol. The SMILES string of the molecule is C.CC.CC(=O)Nc1ccccc1CCCNC=O.CCC(C)(C)/C=C/CCCC(C)OC. The number of rotatable bonds is 13. The van der Waals surface area contributed by atoms with Crippen molar-refractivity contribution >= 4 is 18.0 Å². The number of benzene rings is 1. The number of hydrogen-bond donors (Lipinski definition) is 2. The lowest BCUT2D eigenvalue weighted by Crippen LogP contribution is -2.13. The number of nitrogens with one attached hydrogen (secondary N) is 2. The van der Waals surface area contributed by atoms with Crippen molar-refractivity contribution < 1.29 is 14.3 Å². The van der Waals surface area contributed by atoms with Gasteiger partial charge in [-0.2, -0.15) is 0 Å². The van der Waals surface area contributed by atoms with Crippen molar-refractivity contribution in [2.24, 2.45) is 5.41 Å². The Hall–Kier alpha value is -2.14. The van der Waals surface area contributed by atoms with E-state index in [0.29, 0.717) is 24.5 Å². The maximum atomic E-state index is 11.0. The van der Waals surface area contributed by atoms with Crippen LogP contribution >= 0.6 is 0 Å². The van der Waals surface area contributed by atoms with Gasteiger partial charge in [0, 0.05) is 26.3 Å². The van der Waals surface area contributed by atoms with E-state index < -0.39 is 0 Å². The minimum Gasteiger partial charge on any atom is -0.382 e. The highest BCUT2D eigenvalue weighted by atomic mass is 16.5. The molecule has 5 heteroatoms. The molecule has 1 rings (SSSR count). The number of methoxy groups -OCH3 is 1. The summed E-state index contributed by atoms with van der Waals surface area (Å²) in [6, 6.07) is 7.68. The van der Waals surface area contributed by atoms with Crippen LogP contribution in [0.2, 0.25) is 0 Å². The molecule has 1 atom stereocenters. The van der Waals surface area contributed by atoms with Crippen LogP contribution in [-0.4, -0.2) is 32.1 Å². The van der Waals surface area contributed by atoms with Crippen molar-refractivity contribution in [2.75, 3.05) is 19.0 Å². The summed E-state index contributed by atoms with van der Waals surface area (Å²) >= 11 is 0. The Kier molecular flexibility index (Phi) is 24.7. The molecule has 1 unspecified atom stereocenters. The fourth-order valence-corrected chi connectivity index (χ4v) is 2.65. The van der Waals surface area contributed by atoms with Gasteiger partial charge in [-0.1, -0.05) is 72.4 Å². The highest BCUT2D eigenvalue weighted by Crippen LogP contribution is 2.21. The lowest BCUT2D eigenvalue weighted by molar-refractivity contribution is -0.114. The summed E-state index contributed by atoms with van der Waals surface area (Å²) < 4.78 is 5.19. The molecule has 1 aromatic rings. The Morgan fingerprint density at radius 1 is 1.18 bits per heavy atom. The van der Waals surface area contributed by atoms with Crippen molar-refractivity contribution in [3.8, 4) is 0 Å². The van der Waals surface area contributed by atoms with E-state index in [9.17, 15) is 9.59 Å². The van der Waals surface area contributed by atoms with E-state index in [1.807, 2.05) is 38.1 Å². The van der Waals surface area contributed by atoms with Gasteiger partial charge in [0.25, 0.3) is 0 Å². The Bertz CT molecular complexity index is 627. The summed E-state index contributed by atoms with van der Waals surface area (Å²) in [5.41, 5.74) is 2.30. The highest BCUT2D eigenvalue weighted by molar-refractivity contribution is 5.89. The van der Waals surface area contributed by atoms with Gasteiger partial charge in [0.2, 0.25) is 12.3 Å². The van der Waals surface area contributed by atoms with Gasteiger partial charge in [0.1, 0.15) is 0 Å². The first-order valence-electron chi connectivity index (χ1n) is 12.0. The number of unbranched alkanes of at least 4 members (excludes halogenated alkanes) is 1. The van der Waals surface area contributed by atoms with E-state index in [-0.39, 0.29) is 13.3 Å². The molecule has 0 aliphatic rings. The molecule has 1 aromatic carbocycles. The van der Waals surface area contributed by atoms with Crippen LogP contribution in [0.15, 0.2) is 36.4 Å². The Labute approximate surface area is 204 Å². The molecule has 0 aliphatic carbocycles. The van der Waals surface area contributed by atoms with E-state index in [2.05, 4.69) is 50.5 Å².